The van der Waals surface area contributed by atoms with Crippen molar-refractivity contribution in [1.29, 1.82) is 0 Å². The quantitative estimate of drug-likeness (QED) is 0.798. The molecule has 0 aromatic carbocycles. The molecule has 4 heteroatoms. The lowest BCUT2D eigenvalue weighted by Crippen LogP contribution is -1.88. The smallest absolute Gasteiger partial charge is 0.131 e. The Morgan fingerprint density at radius 3 is 2.55 bits per heavy atom. The van der Waals surface area contributed by atoms with Crippen molar-refractivity contribution in [1.82, 2.24) is 4.98 Å². The first-order valence-corrected chi connectivity index (χ1v) is 5.87. The fourth-order valence-electron chi connectivity index (χ4n) is 0.683. The van der Waals surface area contributed by atoms with Crippen LogP contribution >= 0.6 is 43.2 Å². The van der Waals surface area contributed by atoms with Gasteiger partial charge >= 0.3 is 0 Å². The third-order valence-electron chi connectivity index (χ3n) is 1.60. The van der Waals surface area contributed by atoms with Gasteiger partial charge in [0.05, 0.1) is 5.01 Å². The summed E-state index contributed by atoms with van der Waals surface area (Å²) in [7, 11) is 0. The maximum absolute atomic E-state index is 4.37. The van der Waals surface area contributed by atoms with E-state index >= 15 is 0 Å². The van der Waals surface area contributed by atoms with Gasteiger partial charge in [-0.1, -0.05) is 13.8 Å². The molecular formula is C7H9Br2NS. The standard InChI is InChI=1S/C7H9Br2NS/c1-3-4(2)7-10-5(8)6(9)11-7/h4H,3H2,1-2H3. The zero-order valence-electron chi connectivity index (χ0n) is 6.40. The van der Waals surface area contributed by atoms with Crippen molar-refractivity contribution in [2.75, 3.05) is 0 Å². The minimum absolute atomic E-state index is 0.572. The minimum Gasteiger partial charge on any atom is -0.233 e. The van der Waals surface area contributed by atoms with Gasteiger partial charge in [-0.25, -0.2) is 4.98 Å². The van der Waals surface area contributed by atoms with Crippen LogP contribution in [-0.2, 0) is 0 Å². The molecule has 11 heavy (non-hydrogen) atoms. The molecule has 0 fully saturated rings. The number of hydrogen-bond acceptors (Lipinski definition) is 2. The lowest BCUT2D eigenvalue weighted by Gasteiger charge is -2.00. The lowest BCUT2D eigenvalue weighted by molar-refractivity contribution is 0.725. The summed E-state index contributed by atoms with van der Waals surface area (Å²) in [6.07, 6.45) is 1.15. The van der Waals surface area contributed by atoms with Gasteiger partial charge in [0, 0.05) is 5.92 Å². The predicted molar refractivity (Wildman–Crippen MR) is 56.2 cm³/mol. The van der Waals surface area contributed by atoms with Crippen LogP contribution in [0.4, 0.5) is 0 Å². The number of rotatable bonds is 2. The van der Waals surface area contributed by atoms with Crippen molar-refractivity contribution < 1.29 is 0 Å². The van der Waals surface area contributed by atoms with E-state index in [0.29, 0.717) is 5.92 Å². The highest BCUT2D eigenvalue weighted by Crippen LogP contribution is 2.33. The molecule has 0 saturated heterocycles. The lowest BCUT2D eigenvalue weighted by atomic mass is 10.1. The molecule has 1 nitrogen and oxygen atoms in total. The maximum Gasteiger partial charge on any atom is 0.131 e. The second-order valence-electron chi connectivity index (χ2n) is 2.43. The Kier molecular flexibility index (Phi) is 3.52. The van der Waals surface area contributed by atoms with Gasteiger partial charge in [0.1, 0.15) is 8.39 Å². The molecular weight excluding hydrogens is 290 g/mol. The molecule has 0 radical (unpaired) electrons. The minimum atomic E-state index is 0.572. The molecule has 0 aliphatic rings. The van der Waals surface area contributed by atoms with E-state index in [2.05, 4.69) is 50.7 Å². The first-order chi connectivity index (χ1) is 5.15. The summed E-state index contributed by atoms with van der Waals surface area (Å²) in [5.74, 6) is 0.572. The van der Waals surface area contributed by atoms with Gasteiger partial charge in [-0.3, -0.25) is 0 Å². The topological polar surface area (TPSA) is 12.9 Å². The Morgan fingerprint density at radius 2 is 2.18 bits per heavy atom. The Hall–Kier alpha value is 0.590. The van der Waals surface area contributed by atoms with Crippen molar-refractivity contribution in [3.05, 3.63) is 13.4 Å². The van der Waals surface area contributed by atoms with Crippen LogP contribution in [0.25, 0.3) is 0 Å². The molecule has 0 aliphatic carbocycles. The van der Waals surface area contributed by atoms with E-state index in [4.69, 9.17) is 0 Å². The Labute approximate surface area is 87.5 Å². The second-order valence-corrected chi connectivity index (χ2v) is 5.53. The molecule has 0 spiro atoms. The van der Waals surface area contributed by atoms with Crippen LogP contribution in [0.2, 0.25) is 0 Å². The summed E-state index contributed by atoms with van der Waals surface area (Å²) < 4.78 is 2.02. The van der Waals surface area contributed by atoms with Gasteiger partial charge in [0.15, 0.2) is 0 Å². The van der Waals surface area contributed by atoms with E-state index in [1.807, 2.05) is 0 Å². The fraction of sp³-hybridized carbons (Fsp3) is 0.571. The van der Waals surface area contributed by atoms with Crippen LogP contribution in [0.5, 0.6) is 0 Å². The van der Waals surface area contributed by atoms with E-state index in [0.717, 1.165) is 14.8 Å². The summed E-state index contributed by atoms with van der Waals surface area (Å²) in [6.45, 7) is 4.37. The number of thiazole rings is 1. The predicted octanol–water partition coefficient (Wildman–Crippen LogP) is 4.18. The SMILES string of the molecule is CCC(C)c1nc(Br)c(Br)s1. The van der Waals surface area contributed by atoms with E-state index < -0.39 is 0 Å². The molecule has 1 rings (SSSR count). The Morgan fingerprint density at radius 1 is 1.55 bits per heavy atom. The van der Waals surface area contributed by atoms with Gasteiger partial charge in [0.25, 0.3) is 0 Å². The van der Waals surface area contributed by atoms with Gasteiger partial charge in [0.2, 0.25) is 0 Å². The average molecular weight is 299 g/mol. The van der Waals surface area contributed by atoms with Crippen LogP contribution in [0, 0.1) is 0 Å². The van der Waals surface area contributed by atoms with Crippen LogP contribution in [0.1, 0.15) is 31.2 Å². The highest BCUT2D eigenvalue weighted by molar-refractivity contribution is 9.13. The summed E-state index contributed by atoms with van der Waals surface area (Å²) in [4.78, 5) is 4.37. The molecule has 62 valence electrons. The zero-order chi connectivity index (χ0) is 8.43. The monoisotopic (exact) mass is 297 g/mol. The first kappa shape index (κ1) is 9.68. The third kappa shape index (κ3) is 2.26. The highest BCUT2D eigenvalue weighted by atomic mass is 79.9. The van der Waals surface area contributed by atoms with Crippen LogP contribution in [0.3, 0.4) is 0 Å². The van der Waals surface area contributed by atoms with Gasteiger partial charge in [-0.05, 0) is 38.3 Å². The Bertz CT molecular complexity index is 227. The van der Waals surface area contributed by atoms with Crippen LogP contribution in [-0.4, -0.2) is 4.98 Å². The van der Waals surface area contributed by atoms with Crippen molar-refractivity contribution in [3.63, 3.8) is 0 Å². The number of aromatic nitrogens is 1. The number of nitrogens with zero attached hydrogens (tertiary/aromatic N) is 1. The first-order valence-electron chi connectivity index (χ1n) is 3.46. The van der Waals surface area contributed by atoms with Gasteiger partial charge < -0.3 is 0 Å². The van der Waals surface area contributed by atoms with E-state index in [-0.39, 0.29) is 0 Å². The number of halogens is 2. The average Bonchev–Trinajstić information content (AvgIpc) is 2.31. The molecule has 0 aliphatic heterocycles. The molecule has 0 saturated carbocycles. The van der Waals surface area contributed by atoms with Crippen molar-refractivity contribution >= 4 is 43.2 Å². The van der Waals surface area contributed by atoms with E-state index in [1.165, 1.54) is 5.01 Å². The highest BCUT2D eigenvalue weighted by Gasteiger charge is 2.10. The van der Waals surface area contributed by atoms with Crippen molar-refractivity contribution in [2.45, 2.75) is 26.2 Å². The molecule has 0 amide bonds. The van der Waals surface area contributed by atoms with Crippen molar-refractivity contribution in [2.24, 2.45) is 0 Å². The van der Waals surface area contributed by atoms with E-state index in [9.17, 15) is 0 Å². The summed E-state index contributed by atoms with van der Waals surface area (Å²) in [5, 5.41) is 1.20. The molecule has 0 bridgehead atoms. The summed E-state index contributed by atoms with van der Waals surface area (Å²) >= 11 is 8.49. The summed E-state index contributed by atoms with van der Waals surface area (Å²) in [5.41, 5.74) is 0. The zero-order valence-corrected chi connectivity index (χ0v) is 10.4. The molecule has 1 aromatic heterocycles. The third-order valence-corrected chi connectivity index (χ3v) is 4.90. The largest absolute Gasteiger partial charge is 0.233 e. The number of hydrogen-bond donors (Lipinski definition) is 0. The van der Waals surface area contributed by atoms with Crippen LogP contribution < -0.4 is 0 Å². The van der Waals surface area contributed by atoms with Gasteiger partial charge in [-0.15, -0.1) is 11.3 Å². The Balaban J connectivity index is 2.88. The molecule has 1 atom stereocenters. The fourth-order valence-corrected chi connectivity index (χ4v) is 2.64. The van der Waals surface area contributed by atoms with Gasteiger partial charge in [-0.2, -0.15) is 0 Å². The normalized spacial score (nSPS) is 13.5. The van der Waals surface area contributed by atoms with E-state index in [1.54, 1.807) is 11.3 Å². The molecule has 1 unspecified atom stereocenters. The maximum atomic E-state index is 4.37. The van der Waals surface area contributed by atoms with Crippen molar-refractivity contribution in [3.8, 4) is 0 Å². The second kappa shape index (κ2) is 4.01. The molecule has 0 N–H and O–H groups in total. The van der Waals surface area contributed by atoms with Crippen LogP contribution in [0.15, 0.2) is 8.39 Å². The molecule has 1 heterocycles. The molecule has 1 aromatic rings. The summed E-state index contributed by atoms with van der Waals surface area (Å²) in [6, 6.07) is 0.